The minimum Gasteiger partial charge on any atom is -0.497 e. The predicted molar refractivity (Wildman–Crippen MR) is 106 cm³/mol. The average Bonchev–Trinajstić information content (AvgIpc) is 2.95. The van der Waals surface area contributed by atoms with Gasteiger partial charge in [0.15, 0.2) is 0 Å². The number of ether oxygens (including phenoxy) is 1. The second-order valence-corrected chi connectivity index (χ2v) is 7.47. The van der Waals surface area contributed by atoms with Gasteiger partial charge in [-0.05, 0) is 47.9 Å². The van der Waals surface area contributed by atoms with E-state index >= 15 is 0 Å². The van der Waals surface area contributed by atoms with E-state index in [0.717, 1.165) is 38.2 Å². The molecule has 3 N–H and O–H groups in total. The summed E-state index contributed by atoms with van der Waals surface area (Å²) in [6, 6.07) is 18.6. The molecule has 0 aliphatic carbocycles. The molecule has 1 aromatic heterocycles. The quantitative estimate of drug-likeness (QED) is 0.685. The van der Waals surface area contributed by atoms with Gasteiger partial charge in [0.05, 0.1) is 18.3 Å². The van der Waals surface area contributed by atoms with E-state index < -0.39 is 5.54 Å². The Kier molecular flexibility index (Phi) is 4.31. The van der Waals surface area contributed by atoms with Crippen molar-refractivity contribution in [1.82, 2.24) is 10.3 Å². The van der Waals surface area contributed by atoms with E-state index in [-0.39, 0.29) is 6.17 Å². The van der Waals surface area contributed by atoms with Crippen LogP contribution in [0.15, 0.2) is 65.3 Å². The molecule has 0 saturated heterocycles. The van der Waals surface area contributed by atoms with Crippen molar-refractivity contribution in [1.29, 1.82) is 0 Å². The molecular formula is C21H20BrN3O. The summed E-state index contributed by atoms with van der Waals surface area (Å²) >= 11 is 3.60. The number of pyridine rings is 1. The highest BCUT2D eigenvalue weighted by Crippen LogP contribution is 2.45. The summed E-state index contributed by atoms with van der Waals surface area (Å²) in [5, 5.41) is 3.61. The maximum absolute atomic E-state index is 6.43. The number of rotatable bonds is 3. The molecule has 2 atom stereocenters. The number of hydrogen-bond acceptors (Lipinski definition) is 4. The first-order valence-corrected chi connectivity index (χ1v) is 9.25. The third kappa shape index (κ3) is 2.63. The van der Waals surface area contributed by atoms with E-state index in [0.29, 0.717) is 0 Å². The van der Waals surface area contributed by atoms with Crippen molar-refractivity contribution < 1.29 is 4.74 Å². The van der Waals surface area contributed by atoms with Gasteiger partial charge in [-0.3, -0.25) is 10.3 Å². The van der Waals surface area contributed by atoms with Gasteiger partial charge in [-0.2, -0.15) is 0 Å². The smallest absolute Gasteiger partial charge is 0.118 e. The zero-order valence-electron chi connectivity index (χ0n) is 14.7. The predicted octanol–water partition coefficient (Wildman–Crippen LogP) is 4.01. The van der Waals surface area contributed by atoms with Crippen LogP contribution in [0.4, 0.5) is 0 Å². The first-order chi connectivity index (χ1) is 12.5. The second kappa shape index (κ2) is 6.50. The topological polar surface area (TPSA) is 60.2 Å². The Morgan fingerprint density at radius 3 is 2.58 bits per heavy atom. The largest absolute Gasteiger partial charge is 0.497 e. The Bertz CT molecular complexity index is 958. The number of nitrogens with zero attached hydrogens (tertiary/aromatic N) is 1. The van der Waals surface area contributed by atoms with E-state index in [1.54, 1.807) is 7.11 Å². The summed E-state index contributed by atoms with van der Waals surface area (Å²) in [5.74, 6) is 0.822. The molecule has 0 saturated carbocycles. The number of halogens is 1. The van der Waals surface area contributed by atoms with Crippen molar-refractivity contribution in [3.63, 3.8) is 0 Å². The van der Waals surface area contributed by atoms with Gasteiger partial charge in [-0.25, -0.2) is 0 Å². The van der Waals surface area contributed by atoms with Crippen LogP contribution in [0.5, 0.6) is 5.75 Å². The number of hydrogen-bond donors (Lipinski definition) is 2. The molecule has 0 radical (unpaired) electrons. The van der Waals surface area contributed by atoms with Gasteiger partial charge in [-0.1, -0.05) is 46.3 Å². The fourth-order valence-electron chi connectivity index (χ4n) is 3.71. The van der Waals surface area contributed by atoms with Gasteiger partial charge in [0.2, 0.25) is 0 Å². The van der Waals surface area contributed by atoms with Crippen molar-refractivity contribution >= 4 is 15.9 Å². The third-order valence-electron chi connectivity index (χ3n) is 4.91. The fourth-order valence-corrected chi connectivity index (χ4v) is 4.11. The van der Waals surface area contributed by atoms with Gasteiger partial charge in [-0.15, -0.1) is 0 Å². The van der Waals surface area contributed by atoms with Crippen LogP contribution < -0.4 is 15.8 Å². The van der Waals surface area contributed by atoms with Crippen molar-refractivity contribution in [3.8, 4) is 5.75 Å². The summed E-state index contributed by atoms with van der Waals surface area (Å²) in [4.78, 5) is 4.62. The molecule has 1 aliphatic rings. The van der Waals surface area contributed by atoms with Crippen molar-refractivity contribution in [2.24, 2.45) is 5.73 Å². The molecular weight excluding hydrogens is 390 g/mol. The summed E-state index contributed by atoms with van der Waals surface area (Å²) in [5.41, 5.74) is 11.1. The lowest BCUT2D eigenvalue weighted by Gasteiger charge is -2.33. The van der Waals surface area contributed by atoms with E-state index in [4.69, 9.17) is 10.5 Å². The summed E-state index contributed by atoms with van der Waals surface area (Å²) in [6.45, 7) is 2.05. The van der Waals surface area contributed by atoms with Crippen LogP contribution in [0, 0.1) is 6.92 Å². The van der Waals surface area contributed by atoms with Gasteiger partial charge in [0, 0.05) is 16.2 Å². The Morgan fingerprint density at radius 2 is 1.88 bits per heavy atom. The number of nitrogens with one attached hydrogen (secondary N) is 1. The maximum atomic E-state index is 6.43. The van der Waals surface area contributed by atoms with E-state index in [1.807, 2.05) is 30.5 Å². The standard InChI is InChI=1S/C21H20BrN3O/c1-13-10-18-19(24-12-13)20(23)25-21(18,15-4-3-5-16(22)11-15)14-6-8-17(26-2)9-7-14/h3-12,20,25H,23H2,1-2H3. The molecule has 3 aromatic rings. The van der Waals surface area contributed by atoms with Crippen molar-refractivity contribution in [2.45, 2.75) is 18.6 Å². The molecule has 2 aromatic carbocycles. The van der Waals surface area contributed by atoms with Crippen LogP contribution in [0.25, 0.3) is 0 Å². The highest BCUT2D eigenvalue weighted by molar-refractivity contribution is 9.10. The van der Waals surface area contributed by atoms with E-state index in [2.05, 4.69) is 63.5 Å². The molecule has 132 valence electrons. The monoisotopic (exact) mass is 409 g/mol. The summed E-state index contributed by atoms with van der Waals surface area (Å²) < 4.78 is 6.36. The van der Waals surface area contributed by atoms with Crippen molar-refractivity contribution in [3.05, 3.63) is 93.2 Å². The number of methoxy groups -OCH3 is 1. The molecule has 2 heterocycles. The molecule has 4 nitrogen and oxygen atoms in total. The fraction of sp³-hybridized carbons (Fsp3) is 0.190. The van der Waals surface area contributed by atoms with Gasteiger partial charge >= 0.3 is 0 Å². The number of aryl methyl sites for hydroxylation is 1. The molecule has 1 aliphatic heterocycles. The molecule has 0 bridgehead atoms. The maximum Gasteiger partial charge on any atom is 0.118 e. The van der Waals surface area contributed by atoms with Gasteiger partial charge in [0.1, 0.15) is 11.9 Å². The van der Waals surface area contributed by atoms with Crippen molar-refractivity contribution in [2.75, 3.05) is 7.11 Å². The van der Waals surface area contributed by atoms with E-state index in [1.165, 1.54) is 0 Å². The highest BCUT2D eigenvalue weighted by Gasteiger charge is 2.46. The number of aromatic nitrogens is 1. The normalized spacial score (nSPS) is 21.5. The third-order valence-corrected chi connectivity index (χ3v) is 5.40. The molecule has 2 unspecified atom stereocenters. The average molecular weight is 410 g/mol. The minimum atomic E-state index is -0.566. The van der Waals surface area contributed by atoms with Crippen LogP contribution in [0.3, 0.4) is 0 Å². The summed E-state index contributed by atoms with van der Waals surface area (Å²) in [7, 11) is 1.67. The van der Waals surface area contributed by atoms with E-state index in [9.17, 15) is 0 Å². The van der Waals surface area contributed by atoms with Crippen LogP contribution in [-0.4, -0.2) is 12.1 Å². The molecule has 5 heteroatoms. The van der Waals surface area contributed by atoms with Crippen LogP contribution in [-0.2, 0) is 5.54 Å². The second-order valence-electron chi connectivity index (χ2n) is 6.56. The molecule has 0 spiro atoms. The summed E-state index contributed by atoms with van der Waals surface area (Å²) in [6.07, 6.45) is 1.53. The molecule has 0 amide bonds. The van der Waals surface area contributed by atoms with Crippen LogP contribution in [0.2, 0.25) is 0 Å². The zero-order valence-corrected chi connectivity index (χ0v) is 16.2. The lowest BCUT2D eigenvalue weighted by atomic mass is 9.78. The number of fused-ring (bicyclic) bond motifs is 1. The Labute approximate surface area is 161 Å². The Morgan fingerprint density at radius 1 is 1.12 bits per heavy atom. The number of benzene rings is 2. The first kappa shape index (κ1) is 17.2. The molecule has 26 heavy (non-hydrogen) atoms. The van der Waals surface area contributed by atoms with Gasteiger partial charge in [0.25, 0.3) is 0 Å². The Balaban J connectivity index is 2.02. The Hall–Kier alpha value is -2.21. The first-order valence-electron chi connectivity index (χ1n) is 8.45. The molecule has 0 fully saturated rings. The van der Waals surface area contributed by atoms with Crippen LogP contribution >= 0.6 is 15.9 Å². The van der Waals surface area contributed by atoms with Gasteiger partial charge < -0.3 is 10.5 Å². The molecule has 4 rings (SSSR count). The SMILES string of the molecule is COc1ccc(C2(c3cccc(Br)c3)NC(N)c3ncc(C)cc32)cc1. The zero-order chi connectivity index (χ0) is 18.3. The minimum absolute atomic E-state index is 0.341. The van der Waals surface area contributed by atoms with Crippen LogP contribution in [0.1, 0.15) is 34.1 Å². The highest BCUT2D eigenvalue weighted by atomic mass is 79.9. The lowest BCUT2D eigenvalue weighted by Crippen LogP contribution is -2.42. The number of nitrogens with two attached hydrogens (primary N) is 1. The lowest BCUT2D eigenvalue weighted by molar-refractivity contribution is 0.413.